The summed E-state index contributed by atoms with van der Waals surface area (Å²) in [4.78, 5) is 15.3. The van der Waals surface area contributed by atoms with Gasteiger partial charge >= 0.3 is 6.18 Å². The van der Waals surface area contributed by atoms with E-state index in [9.17, 15) is 18.0 Å². The van der Waals surface area contributed by atoms with Crippen LogP contribution in [0.4, 0.5) is 18.9 Å². The zero-order valence-corrected chi connectivity index (χ0v) is 11.8. The van der Waals surface area contributed by atoms with Gasteiger partial charge in [0.1, 0.15) is 0 Å². The number of halogens is 3. The minimum Gasteiger partial charge on any atom is -0.399 e. The number of rotatable bonds is 2. The Labute approximate surface area is 121 Å². The van der Waals surface area contributed by atoms with E-state index < -0.39 is 12.7 Å². The van der Waals surface area contributed by atoms with Gasteiger partial charge in [0, 0.05) is 37.4 Å². The summed E-state index contributed by atoms with van der Waals surface area (Å²) >= 11 is 0. The highest BCUT2D eigenvalue weighted by Gasteiger charge is 2.33. The molecule has 2 rings (SSSR count). The van der Waals surface area contributed by atoms with Gasteiger partial charge in [-0.05, 0) is 24.6 Å². The van der Waals surface area contributed by atoms with E-state index in [1.807, 2.05) is 6.92 Å². The van der Waals surface area contributed by atoms with Gasteiger partial charge < -0.3 is 10.6 Å². The Bertz CT molecular complexity index is 523. The van der Waals surface area contributed by atoms with E-state index in [1.54, 1.807) is 23.1 Å². The first kappa shape index (κ1) is 15.6. The van der Waals surface area contributed by atoms with Gasteiger partial charge in [0.2, 0.25) is 0 Å². The van der Waals surface area contributed by atoms with Crippen molar-refractivity contribution in [1.29, 1.82) is 0 Å². The lowest BCUT2D eigenvalue weighted by molar-refractivity contribution is -0.148. The molecule has 1 aromatic rings. The normalized spacial score (nSPS) is 17.0. The largest absolute Gasteiger partial charge is 0.401 e. The second-order valence-corrected chi connectivity index (χ2v) is 5.26. The summed E-state index contributed by atoms with van der Waals surface area (Å²) in [6.07, 6.45) is -4.20. The van der Waals surface area contributed by atoms with Crippen molar-refractivity contribution in [3.63, 3.8) is 0 Å². The van der Waals surface area contributed by atoms with Gasteiger partial charge in [-0.25, -0.2) is 0 Å². The Kier molecular flexibility index (Phi) is 4.41. The fourth-order valence-electron chi connectivity index (χ4n) is 2.40. The van der Waals surface area contributed by atoms with Gasteiger partial charge in [-0.1, -0.05) is 6.07 Å². The maximum atomic E-state index is 12.4. The van der Waals surface area contributed by atoms with E-state index >= 15 is 0 Å². The zero-order valence-electron chi connectivity index (χ0n) is 11.8. The SMILES string of the molecule is Cc1ccc(N)cc1C(=O)N1CCN(CC(F)(F)F)CC1. The van der Waals surface area contributed by atoms with Crippen molar-refractivity contribution in [3.05, 3.63) is 29.3 Å². The Morgan fingerprint density at radius 2 is 1.86 bits per heavy atom. The second-order valence-electron chi connectivity index (χ2n) is 5.26. The summed E-state index contributed by atoms with van der Waals surface area (Å²) in [7, 11) is 0. The number of nitrogen functional groups attached to an aromatic ring is 1. The monoisotopic (exact) mass is 301 g/mol. The first-order chi connectivity index (χ1) is 9.76. The number of anilines is 1. The smallest absolute Gasteiger partial charge is 0.399 e. The molecule has 0 spiro atoms. The molecule has 0 radical (unpaired) electrons. The molecule has 4 nitrogen and oxygen atoms in total. The summed E-state index contributed by atoms with van der Waals surface area (Å²) < 4.78 is 37.0. The summed E-state index contributed by atoms with van der Waals surface area (Å²) in [5.74, 6) is -0.175. The van der Waals surface area contributed by atoms with Crippen LogP contribution in [0.5, 0.6) is 0 Å². The van der Waals surface area contributed by atoms with Crippen molar-refractivity contribution >= 4 is 11.6 Å². The standard InChI is InChI=1S/C14H18F3N3O/c1-10-2-3-11(18)8-12(10)13(21)20-6-4-19(5-7-20)9-14(15,16)17/h2-3,8H,4-7,9,18H2,1H3. The van der Waals surface area contributed by atoms with Crippen LogP contribution < -0.4 is 5.73 Å². The molecular weight excluding hydrogens is 283 g/mol. The van der Waals surface area contributed by atoms with Crippen LogP contribution in [-0.4, -0.2) is 54.6 Å². The van der Waals surface area contributed by atoms with Gasteiger partial charge in [-0.2, -0.15) is 13.2 Å². The van der Waals surface area contributed by atoms with Crippen LogP contribution in [0.3, 0.4) is 0 Å². The number of nitrogens with zero attached hydrogens (tertiary/aromatic N) is 2. The Hall–Kier alpha value is -1.76. The molecule has 21 heavy (non-hydrogen) atoms. The number of nitrogens with two attached hydrogens (primary N) is 1. The molecule has 1 aliphatic heterocycles. The zero-order chi connectivity index (χ0) is 15.6. The highest BCUT2D eigenvalue weighted by Crippen LogP contribution is 2.19. The van der Waals surface area contributed by atoms with E-state index in [0.29, 0.717) is 24.3 Å². The third-order valence-corrected chi connectivity index (χ3v) is 3.55. The molecule has 0 unspecified atom stereocenters. The third kappa shape index (κ3) is 4.10. The van der Waals surface area contributed by atoms with E-state index in [1.165, 1.54) is 4.90 Å². The van der Waals surface area contributed by atoms with Gasteiger partial charge in [0.25, 0.3) is 5.91 Å². The molecule has 116 valence electrons. The molecule has 1 amide bonds. The molecule has 2 N–H and O–H groups in total. The summed E-state index contributed by atoms with van der Waals surface area (Å²) in [6.45, 7) is 1.93. The molecule has 0 atom stereocenters. The highest BCUT2D eigenvalue weighted by molar-refractivity contribution is 5.96. The fourth-order valence-corrected chi connectivity index (χ4v) is 2.40. The molecular formula is C14H18F3N3O. The van der Waals surface area contributed by atoms with Crippen molar-refractivity contribution in [1.82, 2.24) is 9.80 Å². The number of benzene rings is 1. The summed E-state index contributed by atoms with van der Waals surface area (Å²) in [5.41, 5.74) is 7.51. The first-order valence-electron chi connectivity index (χ1n) is 6.71. The molecule has 0 aliphatic carbocycles. The molecule has 1 fully saturated rings. The summed E-state index contributed by atoms with van der Waals surface area (Å²) in [5, 5.41) is 0. The van der Waals surface area contributed by atoms with Gasteiger partial charge in [0.15, 0.2) is 0 Å². The number of carbonyl (C=O) groups excluding carboxylic acids is 1. The minimum atomic E-state index is -4.20. The quantitative estimate of drug-likeness (QED) is 0.849. The Morgan fingerprint density at radius 3 is 2.43 bits per heavy atom. The number of amides is 1. The number of alkyl halides is 3. The van der Waals surface area contributed by atoms with Gasteiger partial charge in [-0.3, -0.25) is 9.69 Å². The molecule has 0 aromatic heterocycles. The predicted octanol–water partition coefficient (Wildman–Crippen LogP) is 1.90. The summed E-state index contributed by atoms with van der Waals surface area (Å²) in [6, 6.07) is 5.09. The van der Waals surface area contributed by atoms with Crippen LogP contribution in [0.25, 0.3) is 0 Å². The number of carbonyl (C=O) groups is 1. The average Bonchev–Trinajstić information content (AvgIpc) is 2.40. The molecule has 0 saturated carbocycles. The van der Waals surface area contributed by atoms with Crippen molar-refractivity contribution in [3.8, 4) is 0 Å². The van der Waals surface area contributed by atoms with Crippen molar-refractivity contribution in [2.75, 3.05) is 38.5 Å². The molecule has 1 aliphatic rings. The molecule has 7 heteroatoms. The predicted molar refractivity (Wildman–Crippen MR) is 74.0 cm³/mol. The van der Waals surface area contributed by atoms with E-state index in [0.717, 1.165) is 5.56 Å². The third-order valence-electron chi connectivity index (χ3n) is 3.55. The van der Waals surface area contributed by atoms with Crippen molar-refractivity contribution in [2.24, 2.45) is 0 Å². The van der Waals surface area contributed by atoms with Gasteiger partial charge in [0.05, 0.1) is 6.54 Å². The minimum absolute atomic E-state index is 0.175. The first-order valence-corrected chi connectivity index (χ1v) is 6.71. The van der Waals surface area contributed by atoms with Crippen LogP contribution in [-0.2, 0) is 0 Å². The topological polar surface area (TPSA) is 49.6 Å². The highest BCUT2D eigenvalue weighted by atomic mass is 19.4. The van der Waals surface area contributed by atoms with Crippen LogP contribution in [0.2, 0.25) is 0 Å². The maximum Gasteiger partial charge on any atom is 0.401 e. The number of aryl methyl sites for hydroxylation is 1. The van der Waals surface area contributed by atoms with Crippen LogP contribution in [0, 0.1) is 6.92 Å². The van der Waals surface area contributed by atoms with Gasteiger partial charge in [-0.15, -0.1) is 0 Å². The molecule has 0 bridgehead atoms. The molecule has 1 saturated heterocycles. The fraction of sp³-hybridized carbons (Fsp3) is 0.500. The maximum absolute atomic E-state index is 12.4. The Balaban J connectivity index is 1.99. The van der Waals surface area contributed by atoms with Crippen molar-refractivity contribution < 1.29 is 18.0 Å². The van der Waals surface area contributed by atoms with E-state index in [4.69, 9.17) is 5.73 Å². The van der Waals surface area contributed by atoms with E-state index in [-0.39, 0.29) is 19.0 Å². The van der Waals surface area contributed by atoms with E-state index in [2.05, 4.69) is 0 Å². The molecule has 1 aromatic carbocycles. The second kappa shape index (κ2) is 5.93. The number of hydrogen-bond donors (Lipinski definition) is 1. The molecule has 1 heterocycles. The van der Waals surface area contributed by atoms with Crippen LogP contribution in [0.1, 0.15) is 15.9 Å². The van der Waals surface area contributed by atoms with Crippen LogP contribution >= 0.6 is 0 Å². The lowest BCUT2D eigenvalue weighted by atomic mass is 10.1. The van der Waals surface area contributed by atoms with Crippen molar-refractivity contribution in [2.45, 2.75) is 13.1 Å². The van der Waals surface area contributed by atoms with Crippen LogP contribution in [0.15, 0.2) is 18.2 Å². The number of hydrogen-bond acceptors (Lipinski definition) is 3. The number of piperazine rings is 1. The average molecular weight is 301 g/mol. The Morgan fingerprint density at radius 1 is 1.24 bits per heavy atom. The lowest BCUT2D eigenvalue weighted by Gasteiger charge is -2.35. The lowest BCUT2D eigenvalue weighted by Crippen LogP contribution is -2.51.